The second kappa shape index (κ2) is 4.20. The Morgan fingerprint density at radius 1 is 1.50 bits per heavy atom. The predicted molar refractivity (Wildman–Crippen MR) is 57.9 cm³/mol. The molecule has 0 aromatic heterocycles. The van der Waals surface area contributed by atoms with Crippen molar-refractivity contribution in [2.45, 2.75) is 18.9 Å². The molecular weight excluding hydrogens is 198 g/mol. The van der Waals surface area contributed by atoms with Gasteiger partial charge in [-0.1, -0.05) is 12.1 Å². The summed E-state index contributed by atoms with van der Waals surface area (Å²) in [5.74, 6) is 1.46. The third-order valence-electron chi connectivity index (χ3n) is 2.53. The highest BCUT2D eigenvalue weighted by molar-refractivity contribution is 6.18. The Morgan fingerprint density at radius 2 is 2.36 bits per heavy atom. The summed E-state index contributed by atoms with van der Waals surface area (Å²) in [4.78, 5) is 0. The molecule has 1 atom stereocenters. The fraction of sp³-hybridized carbons (Fsp3) is 0.455. The molecule has 1 aliphatic rings. The molecule has 1 heterocycles. The van der Waals surface area contributed by atoms with Gasteiger partial charge < -0.3 is 10.5 Å². The first-order chi connectivity index (χ1) is 6.81. The van der Waals surface area contributed by atoms with Crippen molar-refractivity contribution in [3.8, 4) is 5.75 Å². The first-order valence-electron chi connectivity index (χ1n) is 4.88. The maximum Gasteiger partial charge on any atom is 0.122 e. The monoisotopic (exact) mass is 211 g/mol. The van der Waals surface area contributed by atoms with Crippen LogP contribution in [0.1, 0.15) is 23.6 Å². The Labute approximate surface area is 89.0 Å². The molecule has 2 N–H and O–H groups in total. The zero-order chi connectivity index (χ0) is 9.97. The molecule has 1 aromatic carbocycles. The Hall–Kier alpha value is -0.730. The number of hydrogen-bond acceptors (Lipinski definition) is 2. The zero-order valence-electron chi connectivity index (χ0n) is 8.00. The SMILES string of the molecule is NC(CCl)c1ccc2c(c1)CCCO2. The standard InChI is InChI=1S/C11H14ClNO/c12-7-10(13)8-3-4-11-9(6-8)2-1-5-14-11/h3-4,6,10H,1-2,5,7,13H2. The van der Waals surface area contributed by atoms with Crippen molar-refractivity contribution in [1.29, 1.82) is 0 Å². The summed E-state index contributed by atoms with van der Waals surface area (Å²) in [6, 6.07) is 6.04. The van der Waals surface area contributed by atoms with Crippen LogP contribution in [-0.4, -0.2) is 12.5 Å². The number of benzene rings is 1. The quantitative estimate of drug-likeness (QED) is 0.762. The van der Waals surface area contributed by atoms with Gasteiger partial charge in [0.15, 0.2) is 0 Å². The molecule has 2 nitrogen and oxygen atoms in total. The summed E-state index contributed by atoms with van der Waals surface area (Å²) in [5, 5.41) is 0. The van der Waals surface area contributed by atoms with Crippen molar-refractivity contribution in [2.75, 3.05) is 12.5 Å². The molecule has 0 saturated heterocycles. The van der Waals surface area contributed by atoms with Crippen LogP contribution in [0.2, 0.25) is 0 Å². The van der Waals surface area contributed by atoms with Gasteiger partial charge in [0.2, 0.25) is 0 Å². The molecule has 0 fully saturated rings. The van der Waals surface area contributed by atoms with E-state index in [2.05, 4.69) is 6.07 Å². The number of rotatable bonds is 2. The van der Waals surface area contributed by atoms with Gasteiger partial charge in [-0.2, -0.15) is 0 Å². The van der Waals surface area contributed by atoms with Crippen molar-refractivity contribution in [3.05, 3.63) is 29.3 Å². The first kappa shape index (κ1) is 9.81. The lowest BCUT2D eigenvalue weighted by Gasteiger charge is -2.19. The Morgan fingerprint density at radius 3 is 3.14 bits per heavy atom. The predicted octanol–water partition coefficient (Wildman–Crippen LogP) is 2.25. The summed E-state index contributed by atoms with van der Waals surface area (Å²) in [5.41, 5.74) is 8.21. The molecular formula is C11H14ClNO. The second-order valence-corrected chi connectivity index (χ2v) is 3.89. The molecule has 2 rings (SSSR count). The van der Waals surface area contributed by atoms with Crippen LogP contribution in [0.3, 0.4) is 0 Å². The third-order valence-corrected chi connectivity index (χ3v) is 2.86. The van der Waals surface area contributed by atoms with E-state index in [4.69, 9.17) is 22.1 Å². The zero-order valence-corrected chi connectivity index (χ0v) is 8.76. The highest BCUT2D eigenvalue weighted by Gasteiger charge is 2.12. The molecule has 0 radical (unpaired) electrons. The molecule has 76 valence electrons. The average molecular weight is 212 g/mol. The summed E-state index contributed by atoms with van der Waals surface area (Å²) < 4.78 is 5.52. The van der Waals surface area contributed by atoms with Gasteiger partial charge in [0.25, 0.3) is 0 Å². The lowest BCUT2D eigenvalue weighted by molar-refractivity contribution is 0.288. The molecule has 0 spiro atoms. The van der Waals surface area contributed by atoms with Crippen molar-refractivity contribution < 1.29 is 4.74 Å². The van der Waals surface area contributed by atoms with E-state index >= 15 is 0 Å². The minimum atomic E-state index is -0.0658. The fourth-order valence-corrected chi connectivity index (χ4v) is 1.88. The highest BCUT2D eigenvalue weighted by Crippen LogP contribution is 2.27. The van der Waals surface area contributed by atoms with E-state index in [9.17, 15) is 0 Å². The van der Waals surface area contributed by atoms with Crippen LogP contribution in [0.25, 0.3) is 0 Å². The minimum Gasteiger partial charge on any atom is -0.493 e. The van der Waals surface area contributed by atoms with Crippen LogP contribution in [0, 0.1) is 0 Å². The van der Waals surface area contributed by atoms with Crippen LogP contribution in [0.4, 0.5) is 0 Å². The van der Waals surface area contributed by atoms with Crippen molar-refractivity contribution in [1.82, 2.24) is 0 Å². The fourth-order valence-electron chi connectivity index (χ4n) is 1.70. The molecule has 0 saturated carbocycles. The van der Waals surface area contributed by atoms with Crippen LogP contribution in [0.15, 0.2) is 18.2 Å². The van der Waals surface area contributed by atoms with E-state index in [0.29, 0.717) is 5.88 Å². The van der Waals surface area contributed by atoms with Gasteiger partial charge in [0, 0.05) is 11.9 Å². The molecule has 0 amide bonds. The molecule has 0 aliphatic carbocycles. The number of aryl methyl sites for hydroxylation is 1. The number of nitrogens with two attached hydrogens (primary N) is 1. The topological polar surface area (TPSA) is 35.2 Å². The number of hydrogen-bond donors (Lipinski definition) is 1. The Kier molecular flexibility index (Phi) is 2.94. The van der Waals surface area contributed by atoms with E-state index in [1.165, 1.54) is 5.56 Å². The highest BCUT2D eigenvalue weighted by atomic mass is 35.5. The van der Waals surface area contributed by atoms with Gasteiger partial charge in [-0.05, 0) is 30.0 Å². The lowest BCUT2D eigenvalue weighted by atomic mass is 10.0. The smallest absolute Gasteiger partial charge is 0.122 e. The molecule has 1 aliphatic heterocycles. The largest absolute Gasteiger partial charge is 0.493 e. The average Bonchev–Trinajstić information content (AvgIpc) is 2.27. The van der Waals surface area contributed by atoms with Gasteiger partial charge >= 0.3 is 0 Å². The van der Waals surface area contributed by atoms with Gasteiger partial charge in [-0.25, -0.2) is 0 Å². The number of ether oxygens (including phenoxy) is 1. The molecule has 1 unspecified atom stereocenters. The first-order valence-corrected chi connectivity index (χ1v) is 5.42. The van der Waals surface area contributed by atoms with E-state index in [-0.39, 0.29) is 6.04 Å². The summed E-state index contributed by atoms with van der Waals surface area (Å²) in [7, 11) is 0. The van der Waals surface area contributed by atoms with Crippen LogP contribution in [-0.2, 0) is 6.42 Å². The normalized spacial score (nSPS) is 17.0. The van der Waals surface area contributed by atoms with Crippen molar-refractivity contribution in [2.24, 2.45) is 5.73 Å². The maximum absolute atomic E-state index is 5.85. The number of fused-ring (bicyclic) bond motifs is 1. The van der Waals surface area contributed by atoms with Crippen LogP contribution < -0.4 is 10.5 Å². The number of alkyl halides is 1. The van der Waals surface area contributed by atoms with Gasteiger partial charge in [-0.15, -0.1) is 11.6 Å². The third kappa shape index (κ3) is 1.86. The van der Waals surface area contributed by atoms with E-state index < -0.39 is 0 Å². The second-order valence-electron chi connectivity index (χ2n) is 3.58. The summed E-state index contributed by atoms with van der Waals surface area (Å²) in [6.45, 7) is 0.827. The number of halogens is 1. The van der Waals surface area contributed by atoms with Crippen LogP contribution in [0.5, 0.6) is 5.75 Å². The Balaban J connectivity index is 2.29. The van der Waals surface area contributed by atoms with Crippen molar-refractivity contribution >= 4 is 11.6 Å². The molecule has 1 aromatic rings. The molecule has 3 heteroatoms. The maximum atomic E-state index is 5.85. The summed E-state index contributed by atoms with van der Waals surface area (Å²) in [6.07, 6.45) is 2.17. The van der Waals surface area contributed by atoms with Crippen molar-refractivity contribution in [3.63, 3.8) is 0 Å². The van der Waals surface area contributed by atoms with E-state index in [1.54, 1.807) is 0 Å². The Bertz CT molecular complexity index is 327. The summed E-state index contributed by atoms with van der Waals surface area (Å²) >= 11 is 5.71. The van der Waals surface area contributed by atoms with Gasteiger partial charge in [0.05, 0.1) is 6.61 Å². The van der Waals surface area contributed by atoms with E-state index in [0.717, 1.165) is 30.8 Å². The van der Waals surface area contributed by atoms with E-state index in [1.807, 2.05) is 12.1 Å². The van der Waals surface area contributed by atoms with Gasteiger partial charge in [0.1, 0.15) is 5.75 Å². The molecule has 0 bridgehead atoms. The van der Waals surface area contributed by atoms with Gasteiger partial charge in [-0.3, -0.25) is 0 Å². The van der Waals surface area contributed by atoms with Crippen LogP contribution >= 0.6 is 11.6 Å². The lowest BCUT2D eigenvalue weighted by Crippen LogP contribution is -2.14. The minimum absolute atomic E-state index is 0.0658. The molecule has 14 heavy (non-hydrogen) atoms.